The second-order valence-electron chi connectivity index (χ2n) is 4.75. The molecule has 5 heteroatoms. The SMILES string of the molecule is Cc1occc1C(=O)N1CCc2cc(C(=O)O)ccc21. The Balaban J connectivity index is 1.96. The Morgan fingerprint density at radius 2 is 2.10 bits per heavy atom. The molecule has 2 aromatic rings. The van der Waals surface area contributed by atoms with Gasteiger partial charge in [-0.15, -0.1) is 0 Å². The number of nitrogens with zero attached hydrogens (tertiary/aromatic N) is 1. The van der Waals surface area contributed by atoms with Gasteiger partial charge in [0.15, 0.2) is 0 Å². The van der Waals surface area contributed by atoms with Crippen LogP contribution < -0.4 is 4.90 Å². The average Bonchev–Trinajstić information content (AvgIpc) is 3.03. The van der Waals surface area contributed by atoms with Crippen molar-refractivity contribution in [2.45, 2.75) is 13.3 Å². The number of aryl methyl sites for hydroxylation is 1. The molecule has 0 radical (unpaired) electrons. The van der Waals surface area contributed by atoms with Crippen molar-refractivity contribution in [3.05, 3.63) is 53.0 Å². The molecule has 1 aromatic carbocycles. The van der Waals surface area contributed by atoms with Crippen molar-refractivity contribution in [3.8, 4) is 0 Å². The first-order chi connectivity index (χ1) is 9.58. The van der Waals surface area contributed by atoms with Gasteiger partial charge in [0.2, 0.25) is 0 Å². The summed E-state index contributed by atoms with van der Waals surface area (Å²) in [7, 11) is 0. The van der Waals surface area contributed by atoms with Crippen LogP contribution >= 0.6 is 0 Å². The van der Waals surface area contributed by atoms with Crippen LogP contribution in [-0.4, -0.2) is 23.5 Å². The summed E-state index contributed by atoms with van der Waals surface area (Å²) in [4.78, 5) is 25.1. The van der Waals surface area contributed by atoms with Crippen molar-refractivity contribution < 1.29 is 19.1 Å². The number of carboxylic acids is 1. The molecule has 1 aliphatic heterocycles. The first kappa shape index (κ1) is 12.5. The lowest BCUT2D eigenvalue weighted by atomic mass is 10.1. The normalized spacial score (nSPS) is 13.3. The van der Waals surface area contributed by atoms with E-state index in [1.807, 2.05) is 0 Å². The molecule has 0 aliphatic carbocycles. The van der Waals surface area contributed by atoms with Gasteiger partial charge >= 0.3 is 5.97 Å². The Kier molecular flexibility index (Phi) is 2.82. The first-order valence-electron chi connectivity index (χ1n) is 6.30. The third-order valence-electron chi connectivity index (χ3n) is 3.56. The van der Waals surface area contributed by atoms with Crippen LogP contribution in [0.3, 0.4) is 0 Å². The van der Waals surface area contributed by atoms with Crippen LogP contribution in [0.1, 0.15) is 32.0 Å². The van der Waals surface area contributed by atoms with Crippen LogP contribution in [0.5, 0.6) is 0 Å². The molecule has 0 saturated carbocycles. The molecule has 0 unspecified atom stereocenters. The van der Waals surface area contributed by atoms with Crippen LogP contribution in [0, 0.1) is 6.92 Å². The standard InChI is InChI=1S/C15H13NO4/c1-9-12(5-7-20-9)14(17)16-6-4-10-8-11(15(18)19)2-3-13(10)16/h2-3,5,7-8H,4,6H2,1H3,(H,18,19). The summed E-state index contributed by atoms with van der Waals surface area (Å²) in [6, 6.07) is 6.50. The topological polar surface area (TPSA) is 70.8 Å². The molecule has 1 aliphatic rings. The molecule has 1 amide bonds. The zero-order valence-corrected chi connectivity index (χ0v) is 10.9. The van der Waals surface area contributed by atoms with E-state index in [1.54, 1.807) is 30.0 Å². The van der Waals surface area contributed by atoms with Crippen molar-refractivity contribution >= 4 is 17.6 Å². The fourth-order valence-corrected chi connectivity index (χ4v) is 2.50. The predicted molar refractivity (Wildman–Crippen MR) is 72.2 cm³/mol. The highest BCUT2D eigenvalue weighted by molar-refractivity contribution is 6.08. The number of carboxylic acid groups (broad SMARTS) is 1. The Bertz CT molecular complexity index is 702. The van der Waals surface area contributed by atoms with Gasteiger partial charge in [-0.05, 0) is 43.2 Å². The quantitative estimate of drug-likeness (QED) is 0.911. The zero-order chi connectivity index (χ0) is 14.3. The third-order valence-corrected chi connectivity index (χ3v) is 3.56. The van der Waals surface area contributed by atoms with Crippen LogP contribution in [0.2, 0.25) is 0 Å². The van der Waals surface area contributed by atoms with Gasteiger partial charge in [-0.1, -0.05) is 0 Å². The molecule has 102 valence electrons. The second-order valence-corrected chi connectivity index (χ2v) is 4.75. The van der Waals surface area contributed by atoms with E-state index in [9.17, 15) is 9.59 Å². The molecule has 0 atom stereocenters. The van der Waals surface area contributed by atoms with E-state index < -0.39 is 5.97 Å². The lowest BCUT2D eigenvalue weighted by Gasteiger charge is -2.16. The number of fused-ring (bicyclic) bond motifs is 1. The molecule has 0 fully saturated rings. The van der Waals surface area contributed by atoms with Crippen LogP contribution in [-0.2, 0) is 6.42 Å². The summed E-state index contributed by atoms with van der Waals surface area (Å²) in [5, 5.41) is 8.98. The van der Waals surface area contributed by atoms with Gasteiger partial charge in [-0.25, -0.2) is 4.79 Å². The van der Waals surface area contributed by atoms with Gasteiger partial charge in [0.1, 0.15) is 5.76 Å². The maximum absolute atomic E-state index is 12.5. The van der Waals surface area contributed by atoms with E-state index in [2.05, 4.69) is 0 Å². The van der Waals surface area contributed by atoms with Crippen LogP contribution in [0.15, 0.2) is 34.9 Å². The van der Waals surface area contributed by atoms with Crippen molar-refractivity contribution in [2.24, 2.45) is 0 Å². The minimum Gasteiger partial charge on any atom is -0.478 e. The lowest BCUT2D eigenvalue weighted by molar-refractivity contribution is 0.0696. The lowest BCUT2D eigenvalue weighted by Crippen LogP contribution is -2.29. The smallest absolute Gasteiger partial charge is 0.335 e. The summed E-state index contributed by atoms with van der Waals surface area (Å²) in [6.07, 6.45) is 2.16. The molecule has 5 nitrogen and oxygen atoms in total. The highest BCUT2D eigenvalue weighted by atomic mass is 16.4. The summed E-state index contributed by atoms with van der Waals surface area (Å²) in [5.41, 5.74) is 2.46. The van der Waals surface area contributed by atoms with Gasteiger partial charge < -0.3 is 14.4 Å². The molecular formula is C15H13NO4. The summed E-state index contributed by atoms with van der Waals surface area (Å²) < 4.78 is 5.16. The maximum Gasteiger partial charge on any atom is 0.335 e. The largest absolute Gasteiger partial charge is 0.478 e. The minimum absolute atomic E-state index is 0.113. The van der Waals surface area contributed by atoms with Crippen LogP contribution in [0.4, 0.5) is 5.69 Å². The highest BCUT2D eigenvalue weighted by Gasteiger charge is 2.27. The van der Waals surface area contributed by atoms with Gasteiger partial charge in [0, 0.05) is 12.2 Å². The number of anilines is 1. The molecule has 1 N–H and O–H groups in total. The maximum atomic E-state index is 12.5. The molecule has 2 heterocycles. The number of hydrogen-bond acceptors (Lipinski definition) is 3. The second kappa shape index (κ2) is 4.52. The number of benzene rings is 1. The number of hydrogen-bond donors (Lipinski definition) is 1. The van der Waals surface area contributed by atoms with E-state index in [0.717, 1.165) is 11.3 Å². The van der Waals surface area contributed by atoms with E-state index >= 15 is 0 Å². The predicted octanol–water partition coefficient (Wildman–Crippen LogP) is 2.49. The van der Waals surface area contributed by atoms with E-state index in [0.29, 0.717) is 24.3 Å². The Hall–Kier alpha value is -2.56. The van der Waals surface area contributed by atoms with E-state index in [1.165, 1.54) is 12.3 Å². The van der Waals surface area contributed by atoms with Crippen molar-refractivity contribution in [1.82, 2.24) is 0 Å². The first-order valence-corrected chi connectivity index (χ1v) is 6.30. The van der Waals surface area contributed by atoms with E-state index in [4.69, 9.17) is 9.52 Å². The molecule has 20 heavy (non-hydrogen) atoms. The molecule has 0 spiro atoms. The number of carbonyl (C=O) groups is 2. The summed E-state index contributed by atoms with van der Waals surface area (Å²) >= 11 is 0. The number of rotatable bonds is 2. The summed E-state index contributed by atoms with van der Waals surface area (Å²) in [6.45, 7) is 2.31. The summed E-state index contributed by atoms with van der Waals surface area (Å²) in [5.74, 6) is -0.480. The van der Waals surface area contributed by atoms with Gasteiger partial charge in [-0.2, -0.15) is 0 Å². The van der Waals surface area contributed by atoms with Gasteiger partial charge in [-0.3, -0.25) is 4.79 Å². The van der Waals surface area contributed by atoms with Crippen molar-refractivity contribution in [3.63, 3.8) is 0 Å². The Morgan fingerprint density at radius 1 is 1.30 bits per heavy atom. The minimum atomic E-state index is -0.955. The Labute approximate surface area is 115 Å². The monoisotopic (exact) mass is 271 g/mol. The Morgan fingerprint density at radius 3 is 2.75 bits per heavy atom. The number of carbonyl (C=O) groups excluding carboxylic acids is 1. The van der Waals surface area contributed by atoms with Crippen LogP contribution in [0.25, 0.3) is 0 Å². The molecular weight excluding hydrogens is 258 g/mol. The fourth-order valence-electron chi connectivity index (χ4n) is 2.50. The molecule has 3 rings (SSSR count). The molecule has 0 bridgehead atoms. The number of amides is 1. The third kappa shape index (κ3) is 1.87. The fraction of sp³-hybridized carbons (Fsp3) is 0.200. The molecule has 1 aromatic heterocycles. The van der Waals surface area contributed by atoms with Crippen molar-refractivity contribution in [2.75, 3.05) is 11.4 Å². The highest BCUT2D eigenvalue weighted by Crippen LogP contribution is 2.30. The number of aromatic carboxylic acids is 1. The molecule has 0 saturated heterocycles. The average molecular weight is 271 g/mol. The van der Waals surface area contributed by atoms with Crippen molar-refractivity contribution in [1.29, 1.82) is 0 Å². The van der Waals surface area contributed by atoms with E-state index in [-0.39, 0.29) is 11.5 Å². The van der Waals surface area contributed by atoms with Gasteiger partial charge in [0.05, 0.1) is 17.4 Å². The van der Waals surface area contributed by atoms with Gasteiger partial charge in [0.25, 0.3) is 5.91 Å². The zero-order valence-electron chi connectivity index (χ0n) is 10.9. The number of furan rings is 1.